The van der Waals surface area contributed by atoms with Crippen LogP contribution in [0.5, 0.6) is 0 Å². The maximum absolute atomic E-state index is 13.1. The van der Waals surface area contributed by atoms with Gasteiger partial charge in [-0.15, -0.1) is 0 Å². The van der Waals surface area contributed by atoms with Gasteiger partial charge in [0.1, 0.15) is 6.10 Å². The average Bonchev–Trinajstić information content (AvgIpc) is 2.73. The van der Waals surface area contributed by atoms with Gasteiger partial charge in [-0.1, -0.05) is 13.8 Å². The Hall–Kier alpha value is -0.690. The molecule has 1 spiro atoms. The Bertz CT molecular complexity index is 730. The molecule has 156 valence electrons. The largest absolute Gasteiger partial charge is 0.462 e. The van der Waals surface area contributed by atoms with Crippen LogP contribution in [0.1, 0.15) is 46.0 Å². The molecular formula is C22H33NO5. The molecule has 3 saturated heterocycles. The molecule has 3 heterocycles. The summed E-state index contributed by atoms with van der Waals surface area (Å²) < 4.78 is 11.9. The van der Waals surface area contributed by atoms with E-state index in [0.29, 0.717) is 12.8 Å². The highest BCUT2D eigenvalue weighted by molar-refractivity contribution is 5.77. The molecule has 0 amide bonds. The van der Waals surface area contributed by atoms with E-state index >= 15 is 0 Å². The van der Waals surface area contributed by atoms with Gasteiger partial charge in [-0.25, -0.2) is 0 Å². The Morgan fingerprint density at radius 2 is 2.11 bits per heavy atom. The van der Waals surface area contributed by atoms with Gasteiger partial charge in [0.25, 0.3) is 0 Å². The summed E-state index contributed by atoms with van der Waals surface area (Å²) in [6.07, 6.45) is 3.38. The van der Waals surface area contributed by atoms with E-state index in [4.69, 9.17) is 9.47 Å². The van der Waals surface area contributed by atoms with E-state index in [-0.39, 0.29) is 52.8 Å². The highest BCUT2D eigenvalue weighted by Crippen LogP contribution is 2.77. The van der Waals surface area contributed by atoms with Gasteiger partial charge in [-0.3, -0.25) is 9.69 Å². The molecule has 0 aromatic heterocycles. The van der Waals surface area contributed by atoms with Crippen LogP contribution < -0.4 is 0 Å². The molecule has 4 saturated carbocycles. The average molecular weight is 392 g/mol. The summed E-state index contributed by atoms with van der Waals surface area (Å²) in [5.41, 5.74) is -1.46. The number of likely N-dealkylation sites (tertiary alicyclic amines) is 1. The fourth-order valence-electron chi connectivity index (χ4n) is 9.64. The smallest absolute Gasteiger partial charge is 0.312 e. The van der Waals surface area contributed by atoms with Gasteiger partial charge < -0.3 is 19.7 Å². The van der Waals surface area contributed by atoms with Crippen molar-refractivity contribution in [3.8, 4) is 0 Å². The lowest BCUT2D eigenvalue weighted by atomic mass is 9.42. The van der Waals surface area contributed by atoms with Crippen molar-refractivity contribution < 1.29 is 24.5 Å². The summed E-state index contributed by atoms with van der Waals surface area (Å²) >= 11 is 0. The van der Waals surface area contributed by atoms with Crippen LogP contribution >= 0.6 is 0 Å². The topological polar surface area (TPSA) is 79.2 Å². The Balaban J connectivity index is 1.66. The zero-order valence-electron chi connectivity index (χ0n) is 17.1. The summed E-state index contributed by atoms with van der Waals surface area (Å²) in [4.78, 5) is 15.6. The van der Waals surface area contributed by atoms with Gasteiger partial charge in [-0.05, 0) is 50.0 Å². The minimum Gasteiger partial charge on any atom is -0.462 e. The van der Waals surface area contributed by atoms with Gasteiger partial charge >= 0.3 is 5.97 Å². The molecule has 0 radical (unpaired) electrons. The number of aliphatic hydroxyl groups excluding tert-OH is 1. The molecule has 0 aromatic carbocycles. The lowest BCUT2D eigenvalue weighted by Crippen LogP contribution is -2.76. The van der Waals surface area contributed by atoms with E-state index in [9.17, 15) is 15.0 Å². The molecule has 4 aliphatic carbocycles. The normalized spacial score (nSPS) is 61.8. The molecule has 6 nitrogen and oxygen atoms in total. The summed E-state index contributed by atoms with van der Waals surface area (Å²) in [6.45, 7) is 6.38. The third-order valence-corrected chi connectivity index (χ3v) is 10.1. The first kappa shape index (κ1) is 18.1. The zero-order chi connectivity index (χ0) is 19.6. The number of rotatable bonds is 2. The highest BCUT2D eigenvalue weighted by atomic mass is 16.5. The van der Waals surface area contributed by atoms with E-state index in [1.807, 2.05) is 0 Å². The van der Waals surface area contributed by atoms with Crippen LogP contribution in [0.25, 0.3) is 0 Å². The second-order valence-electron chi connectivity index (χ2n) is 10.8. The molecule has 9 bridgehead atoms. The van der Waals surface area contributed by atoms with Crippen LogP contribution in [-0.2, 0) is 14.3 Å². The maximum atomic E-state index is 13.1. The van der Waals surface area contributed by atoms with Crippen LogP contribution in [0.4, 0.5) is 0 Å². The Kier molecular flexibility index (Phi) is 3.44. The highest BCUT2D eigenvalue weighted by Gasteiger charge is 2.84. The third-order valence-electron chi connectivity index (χ3n) is 10.1. The first-order chi connectivity index (χ1) is 13.3. The molecule has 6 heteroatoms. The molecule has 3 aliphatic heterocycles. The van der Waals surface area contributed by atoms with Crippen molar-refractivity contribution in [2.24, 2.45) is 34.5 Å². The number of ether oxygens (including phenoxy) is 2. The summed E-state index contributed by atoms with van der Waals surface area (Å²) in [7, 11) is 1.79. The lowest BCUT2D eigenvalue weighted by molar-refractivity contribution is -0.269. The Morgan fingerprint density at radius 3 is 2.82 bits per heavy atom. The zero-order valence-corrected chi connectivity index (χ0v) is 17.1. The molecular weight excluding hydrogens is 358 g/mol. The summed E-state index contributed by atoms with van der Waals surface area (Å²) in [6, 6.07) is 0.0757. The molecule has 3 unspecified atom stereocenters. The number of hydrogen-bond donors (Lipinski definition) is 2. The van der Waals surface area contributed by atoms with Gasteiger partial charge in [0.05, 0.1) is 23.7 Å². The Morgan fingerprint density at radius 1 is 1.32 bits per heavy atom. The molecule has 7 aliphatic rings. The maximum Gasteiger partial charge on any atom is 0.312 e. The fraction of sp³-hybridized carbons (Fsp3) is 0.955. The van der Waals surface area contributed by atoms with Crippen LogP contribution in [0.2, 0.25) is 0 Å². The summed E-state index contributed by atoms with van der Waals surface area (Å²) in [5.74, 6) is -0.969. The second kappa shape index (κ2) is 5.32. The van der Waals surface area contributed by atoms with Crippen molar-refractivity contribution in [1.82, 2.24) is 4.90 Å². The monoisotopic (exact) mass is 391 g/mol. The van der Waals surface area contributed by atoms with Crippen molar-refractivity contribution in [3.63, 3.8) is 0 Å². The predicted octanol–water partition coefficient (Wildman–Crippen LogP) is 1.19. The molecule has 7 rings (SSSR count). The van der Waals surface area contributed by atoms with Gasteiger partial charge in [-0.2, -0.15) is 0 Å². The quantitative estimate of drug-likeness (QED) is 0.689. The van der Waals surface area contributed by atoms with E-state index in [1.165, 1.54) is 0 Å². The fourth-order valence-corrected chi connectivity index (χ4v) is 9.64. The van der Waals surface area contributed by atoms with E-state index in [2.05, 4.69) is 18.7 Å². The number of piperidine rings is 1. The number of carbonyl (C=O) groups is 1. The number of hydrogen-bond acceptors (Lipinski definition) is 6. The summed E-state index contributed by atoms with van der Waals surface area (Å²) in [5, 5.41) is 23.9. The molecule has 7 fully saturated rings. The lowest BCUT2D eigenvalue weighted by Gasteiger charge is -2.69. The SMILES string of the molecule is CCN1C[C@]2(C)CC[C@H](OC)[C@@]34C2[C@H](O)C([C@@H]13)[C@@]1(O)CC[C@H]2C[C@H]4C1C(=O)O2. The van der Waals surface area contributed by atoms with E-state index in [1.54, 1.807) is 7.11 Å². The molecule has 28 heavy (non-hydrogen) atoms. The van der Waals surface area contributed by atoms with Crippen molar-refractivity contribution in [3.05, 3.63) is 0 Å². The van der Waals surface area contributed by atoms with Crippen LogP contribution in [0, 0.1) is 34.5 Å². The predicted molar refractivity (Wildman–Crippen MR) is 100 cm³/mol. The Labute approximate surface area is 166 Å². The number of methoxy groups -OCH3 is 1. The third kappa shape index (κ3) is 1.68. The first-order valence-electron chi connectivity index (χ1n) is 11.2. The van der Waals surface area contributed by atoms with Crippen LogP contribution in [0.3, 0.4) is 0 Å². The van der Waals surface area contributed by atoms with Gasteiger partial charge in [0, 0.05) is 36.9 Å². The standard InChI is InChI=1S/C22H33NO5/c1-4-23-10-20(2)7-6-13(27-3)22-12-9-11-5-8-21(26,14(12)19(25)28-11)15(18(22)23)16(24)17(20)22/h11-18,24,26H,4-10H2,1-3H3/t11-,12-,13-,14?,15?,16+,17?,18+,20-,21+,22-/m0/s1. The molecule has 2 N–H and O–H groups in total. The molecule has 0 aromatic rings. The first-order valence-corrected chi connectivity index (χ1v) is 11.2. The van der Waals surface area contributed by atoms with E-state index < -0.39 is 17.6 Å². The number of esters is 1. The van der Waals surface area contributed by atoms with Crippen LogP contribution in [-0.4, -0.2) is 71.2 Å². The van der Waals surface area contributed by atoms with E-state index in [0.717, 1.165) is 32.4 Å². The molecule has 11 atom stereocenters. The van der Waals surface area contributed by atoms with Crippen molar-refractivity contribution in [1.29, 1.82) is 0 Å². The minimum absolute atomic E-state index is 0.0123. The van der Waals surface area contributed by atoms with Crippen molar-refractivity contribution in [2.75, 3.05) is 20.2 Å². The number of nitrogens with zero attached hydrogens (tertiary/aromatic N) is 1. The van der Waals surface area contributed by atoms with Gasteiger partial charge in [0.2, 0.25) is 0 Å². The van der Waals surface area contributed by atoms with Crippen molar-refractivity contribution >= 4 is 5.97 Å². The van der Waals surface area contributed by atoms with Crippen LogP contribution in [0.15, 0.2) is 0 Å². The number of carbonyl (C=O) groups excluding carboxylic acids is 1. The number of fused-ring (bicyclic) bond motifs is 2. The van der Waals surface area contributed by atoms with Gasteiger partial charge in [0.15, 0.2) is 0 Å². The van der Waals surface area contributed by atoms with Crippen molar-refractivity contribution in [2.45, 2.75) is 75.9 Å². The number of aliphatic hydroxyl groups is 2. The minimum atomic E-state index is -1.17. The second-order valence-corrected chi connectivity index (χ2v) is 10.8.